The maximum Gasteiger partial charge on any atom is 0.573 e. The number of carbonyl (C=O) groups excluding carboxylic acids is 1. The van der Waals surface area contributed by atoms with Gasteiger partial charge >= 0.3 is 12.4 Å². The molecule has 1 aromatic heterocycles. The van der Waals surface area contributed by atoms with E-state index in [1.54, 1.807) is 0 Å². The Balaban J connectivity index is 1.23. The largest absolute Gasteiger partial charge is 0.573 e. The Kier molecular flexibility index (Phi) is 9.94. The van der Waals surface area contributed by atoms with Gasteiger partial charge in [-0.2, -0.15) is 4.99 Å². The first kappa shape index (κ1) is 32.9. The number of anilines is 1. The van der Waals surface area contributed by atoms with Gasteiger partial charge in [-0.15, -0.1) is 18.3 Å². The maximum absolute atomic E-state index is 15.1. The van der Waals surface area contributed by atoms with Gasteiger partial charge in [0, 0.05) is 23.5 Å². The smallest absolute Gasteiger partial charge is 0.406 e. The van der Waals surface area contributed by atoms with Gasteiger partial charge in [-0.1, -0.05) is 62.0 Å². The first-order chi connectivity index (χ1) is 21.9. The summed E-state index contributed by atoms with van der Waals surface area (Å²) in [6, 6.07) is 15.8. The van der Waals surface area contributed by atoms with E-state index in [1.165, 1.54) is 59.2 Å². The molecule has 5 rings (SSSR count). The van der Waals surface area contributed by atoms with E-state index >= 15 is 4.39 Å². The van der Waals surface area contributed by atoms with Gasteiger partial charge < -0.3 is 15.0 Å². The van der Waals surface area contributed by atoms with Crippen molar-refractivity contribution in [3.05, 3.63) is 89.7 Å². The summed E-state index contributed by atoms with van der Waals surface area (Å²) < 4.78 is 72.5. The third-order valence-electron chi connectivity index (χ3n) is 7.19. The van der Waals surface area contributed by atoms with Crippen LogP contribution >= 0.6 is 11.8 Å². The number of alkyl halides is 5. The average Bonchev–Trinajstić information content (AvgIpc) is 3.51. The molecule has 0 aliphatic carbocycles. The summed E-state index contributed by atoms with van der Waals surface area (Å²) in [5, 5.41) is 6.76. The van der Waals surface area contributed by atoms with E-state index in [1.807, 2.05) is 35.3 Å². The van der Waals surface area contributed by atoms with Crippen molar-refractivity contribution in [1.29, 1.82) is 0 Å². The summed E-state index contributed by atoms with van der Waals surface area (Å²) in [5.74, 6) is 0.863. The monoisotopic (exact) mass is 658 g/mol. The van der Waals surface area contributed by atoms with Gasteiger partial charge in [0.1, 0.15) is 12.1 Å². The number of nitrogens with zero attached hydrogens (tertiary/aromatic N) is 5. The van der Waals surface area contributed by atoms with Crippen LogP contribution in [-0.4, -0.2) is 50.9 Å². The quantitative estimate of drug-likeness (QED) is 0.152. The van der Waals surface area contributed by atoms with Crippen molar-refractivity contribution in [2.45, 2.75) is 51.9 Å². The molecule has 2 unspecified atom stereocenters. The number of nitrogens with one attached hydrogen (secondary N) is 1. The van der Waals surface area contributed by atoms with Crippen molar-refractivity contribution in [2.75, 3.05) is 17.2 Å². The van der Waals surface area contributed by atoms with Crippen molar-refractivity contribution >= 4 is 28.6 Å². The predicted molar refractivity (Wildman–Crippen MR) is 168 cm³/mol. The zero-order chi connectivity index (χ0) is 33.0. The lowest BCUT2D eigenvalue weighted by Gasteiger charge is -2.32. The fourth-order valence-electron chi connectivity index (χ4n) is 5.14. The summed E-state index contributed by atoms with van der Waals surface area (Å²) in [6.45, 7) is 6.88. The van der Waals surface area contributed by atoms with E-state index in [0.717, 1.165) is 41.1 Å². The minimum Gasteiger partial charge on any atom is -0.406 e. The molecule has 1 fully saturated rings. The van der Waals surface area contributed by atoms with E-state index in [2.05, 4.69) is 33.7 Å². The number of hydrogen-bond donors (Lipinski definition) is 1. The minimum atomic E-state index is -4.80. The predicted octanol–water partition coefficient (Wildman–Crippen LogP) is 8.28. The Hall–Kier alpha value is -4.46. The van der Waals surface area contributed by atoms with Crippen LogP contribution < -0.4 is 15.0 Å². The van der Waals surface area contributed by atoms with Crippen molar-refractivity contribution < 1.29 is 31.5 Å². The van der Waals surface area contributed by atoms with E-state index in [9.17, 15) is 22.4 Å². The highest BCUT2D eigenvalue weighted by molar-refractivity contribution is 8.14. The number of aliphatic imine (C=N–C) groups is 1. The molecule has 0 radical (unpaired) electrons. The van der Waals surface area contributed by atoms with Crippen LogP contribution in [0.1, 0.15) is 49.0 Å². The Bertz CT molecular complexity index is 1690. The molecule has 3 aromatic carbocycles. The molecule has 0 saturated carbocycles. The number of thioether (sulfide) groups is 1. The second-order valence-electron chi connectivity index (χ2n) is 10.8. The molecule has 1 aliphatic rings. The van der Waals surface area contributed by atoms with Gasteiger partial charge in [-0.05, 0) is 66.3 Å². The molecular formula is C32H31F5N6O2S. The molecular weight excluding hydrogens is 627 g/mol. The van der Waals surface area contributed by atoms with Crippen LogP contribution in [0, 0.1) is 6.92 Å². The highest BCUT2D eigenvalue weighted by atomic mass is 32.2. The summed E-state index contributed by atoms with van der Waals surface area (Å²) in [4.78, 5) is 23.0. The number of urea groups is 1. The summed E-state index contributed by atoms with van der Waals surface area (Å²) >= 11 is 1.39. The maximum atomic E-state index is 15.1. The van der Waals surface area contributed by atoms with Crippen LogP contribution in [0.15, 0.2) is 78.0 Å². The normalized spacial score (nSPS) is 16.0. The zero-order valence-corrected chi connectivity index (χ0v) is 25.9. The molecule has 2 atom stereocenters. The third kappa shape index (κ3) is 7.84. The van der Waals surface area contributed by atoms with Gasteiger partial charge in [0.25, 0.3) is 0 Å². The van der Waals surface area contributed by atoms with Crippen molar-refractivity contribution in [1.82, 2.24) is 20.1 Å². The van der Waals surface area contributed by atoms with Gasteiger partial charge in [0.05, 0.1) is 5.69 Å². The molecule has 8 nitrogen and oxygen atoms in total. The third-order valence-corrected chi connectivity index (χ3v) is 8.25. The number of amidine groups is 1. The van der Waals surface area contributed by atoms with Gasteiger partial charge in [-0.25, -0.2) is 23.2 Å². The second kappa shape index (κ2) is 13.9. The highest BCUT2D eigenvalue weighted by Crippen LogP contribution is 2.34. The molecule has 1 saturated heterocycles. The molecule has 1 N–H and O–H groups in total. The summed E-state index contributed by atoms with van der Waals surface area (Å²) in [6.07, 6.45) is -7.07. The lowest BCUT2D eigenvalue weighted by molar-refractivity contribution is -0.274. The second-order valence-corrected chi connectivity index (χ2v) is 11.9. The van der Waals surface area contributed by atoms with E-state index < -0.39 is 24.9 Å². The number of ether oxygens (including phenoxy) is 1. The zero-order valence-electron chi connectivity index (χ0n) is 25.1. The van der Waals surface area contributed by atoms with Crippen molar-refractivity contribution in [2.24, 2.45) is 4.99 Å². The van der Waals surface area contributed by atoms with Crippen LogP contribution in [0.25, 0.3) is 17.1 Å². The van der Waals surface area contributed by atoms with E-state index in [4.69, 9.17) is 0 Å². The van der Waals surface area contributed by atoms with Crippen molar-refractivity contribution in [3.8, 4) is 22.8 Å². The fourth-order valence-corrected chi connectivity index (χ4v) is 6.09. The van der Waals surface area contributed by atoms with Gasteiger partial charge in [0.15, 0.2) is 17.2 Å². The Morgan fingerprint density at radius 2 is 1.76 bits per heavy atom. The molecule has 14 heteroatoms. The average molecular weight is 659 g/mol. The highest BCUT2D eigenvalue weighted by Gasteiger charge is 2.31. The van der Waals surface area contributed by atoms with Crippen LogP contribution in [0.2, 0.25) is 0 Å². The molecule has 1 aliphatic heterocycles. The van der Waals surface area contributed by atoms with Gasteiger partial charge in [0.2, 0.25) is 6.30 Å². The number of amides is 2. The van der Waals surface area contributed by atoms with Crippen molar-refractivity contribution in [3.63, 3.8) is 0 Å². The Morgan fingerprint density at radius 3 is 2.43 bits per heavy atom. The molecule has 2 amide bonds. The molecule has 46 heavy (non-hydrogen) atoms. The van der Waals surface area contributed by atoms with Crippen LogP contribution in [0.5, 0.6) is 5.75 Å². The van der Waals surface area contributed by atoms with Crippen LogP contribution in [-0.2, 0) is 0 Å². The van der Waals surface area contributed by atoms with Crippen LogP contribution in [0.3, 0.4) is 0 Å². The number of hydrogen-bond acceptors (Lipinski definition) is 5. The molecule has 4 aromatic rings. The van der Waals surface area contributed by atoms with E-state index in [0.29, 0.717) is 23.0 Å². The number of benzene rings is 3. The summed E-state index contributed by atoms with van der Waals surface area (Å²) in [7, 11) is 0. The Labute approximate surface area is 266 Å². The number of halogens is 5. The van der Waals surface area contributed by atoms with Gasteiger partial charge in [-0.3, -0.25) is 0 Å². The number of rotatable bonds is 8. The van der Waals surface area contributed by atoms with E-state index in [-0.39, 0.29) is 23.1 Å². The molecule has 0 bridgehead atoms. The van der Waals surface area contributed by atoms with Crippen LogP contribution in [0.4, 0.5) is 32.4 Å². The lowest BCUT2D eigenvalue weighted by Crippen LogP contribution is -2.38. The molecule has 242 valence electrons. The Morgan fingerprint density at radius 1 is 1.04 bits per heavy atom. The fraction of sp³-hybridized carbons (Fsp3) is 0.312. The molecule has 0 spiro atoms. The summed E-state index contributed by atoms with van der Waals surface area (Å²) in [5.41, 5.74) is 4.12. The topological polar surface area (TPSA) is 84.6 Å². The lowest BCUT2D eigenvalue weighted by atomic mass is 9.95. The first-order valence-electron chi connectivity index (χ1n) is 14.4. The standard InChI is InChI=1S/C32H31F5N6O2S/c1-19(2)26-20(3)6-4-7-25(26)42-16-5-17-46-31(42)40-30(44)39-28(34)27(33)21-8-10-22(11-9-21)29-38-18-43(41-29)23-12-14-24(15-13-23)45-32(35,36)37/h4,6-15,18-19,27-28H,5,16-17H2,1-3H3,(H,39,44)/b40-31-. The number of aryl methyl sites for hydroxylation is 1. The number of carbonyl (C=O) groups is 1. The SMILES string of the molecule is Cc1cccc(N2CCCS/C2=N\C(=O)NC(F)C(F)c2ccc(-c3ncn(-c4ccc(OC(F)(F)F)cc4)n3)cc2)c1C(C)C. The minimum absolute atomic E-state index is 0.0149. The number of aromatic nitrogens is 3. The molecule has 2 heterocycles. The first-order valence-corrected chi connectivity index (χ1v) is 15.4.